The summed E-state index contributed by atoms with van der Waals surface area (Å²) in [5.41, 5.74) is 4.16. The number of hydrogen-bond donors (Lipinski definition) is 1. The zero-order valence-corrected chi connectivity index (χ0v) is 18.9. The Morgan fingerprint density at radius 3 is 2.16 bits per heavy atom. The number of amides is 2. The van der Waals surface area contributed by atoms with Crippen molar-refractivity contribution in [1.82, 2.24) is 4.90 Å². The standard InChI is InChI=1S/C25H29FN2O4/c1-15-13-16(2)22(17(3)14-15)27-23(29)18(4)32-25(31)20-9-11-28(12-10-20)24(30)19-5-7-21(26)8-6-19/h5-8,13-14,18,20H,9-12H2,1-4H3,(H,27,29). The number of likely N-dealkylation sites (tertiary alicyclic amines) is 1. The maximum absolute atomic E-state index is 13.1. The highest BCUT2D eigenvalue weighted by atomic mass is 19.1. The van der Waals surface area contributed by atoms with Gasteiger partial charge in [0.25, 0.3) is 11.8 Å². The van der Waals surface area contributed by atoms with Crippen LogP contribution in [0.15, 0.2) is 36.4 Å². The monoisotopic (exact) mass is 440 g/mol. The van der Waals surface area contributed by atoms with Gasteiger partial charge < -0.3 is 15.0 Å². The van der Waals surface area contributed by atoms with Gasteiger partial charge in [-0.25, -0.2) is 4.39 Å². The lowest BCUT2D eigenvalue weighted by Crippen LogP contribution is -2.41. The third kappa shape index (κ3) is 5.52. The molecule has 6 nitrogen and oxygen atoms in total. The summed E-state index contributed by atoms with van der Waals surface area (Å²) in [5.74, 6) is -1.76. The Labute approximate surface area is 187 Å². The second kappa shape index (κ2) is 9.94. The molecule has 0 aromatic heterocycles. The molecule has 2 amide bonds. The molecule has 7 heteroatoms. The number of benzene rings is 2. The fourth-order valence-corrected chi connectivity index (χ4v) is 4.02. The first kappa shape index (κ1) is 23.4. The highest BCUT2D eigenvalue weighted by molar-refractivity contribution is 5.96. The van der Waals surface area contributed by atoms with E-state index < -0.39 is 17.9 Å². The molecule has 2 aromatic carbocycles. The van der Waals surface area contributed by atoms with E-state index in [0.717, 1.165) is 22.4 Å². The zero-order valence-electron chi connectivity index (χ0n) is 18.9. The molecule has 0 bridgehead atoms. The molecule has 1 aliphatic heterocycles. The largest absolute Gasteiger partial charge is 0.452 e. The van der Waals surface area contributed by atoms with Gasteiger partial charge in [0.05, 0.1) is 5.92 Å². The normalized spacial score (nSPS) is 15.2. The zero-order chi connectivity index (χ0) is 23.4. The first-order chi connectivity index (χ1) is 15.2. The molecule has 0 aliphatic carbocycles. The summed E-state index contributed by atoms with van der Waals surface area (Å²) in [7, 11) is 0. The number of nitrogens with one attached hydrogen (secondary N) is 1. The number of esters is 1. The molecule has 0 saturated carbocycles. The molecule has 1 saturated heterocycles. The van der Waals surface area contributed by atoms with Crippen LogP contribution in [0.25, 0.3) is 0 Å². The smallest absolute Gasteiger partial charge is 0.309 e. The molecular weight excluding hydrogens is 411 g/mol. The van der Waals surface area contributed by atoms with Crippen molar-refractivity contribution in [3.05, 3.63) is 64.5 Å². The van der Waals surface area contributed by atoms with Crippen LogP contribution in [0.3, 0.4) is 0 Å². The number of nitrogens with zero attached hydrogens (tertiary/aromatic N) is 1. The number of aryl methyl sites for hydroxylation is 3. The van der Waals surface area contributed by atoms with Crippen LogP contribution >= 0.6 is 0 Å². The highest BCUT2D eigenvalue weighted by Gasteiger charge is 2.31. The molecular formula is C25H29FN2O4. The molecule has 1 N–H and O–H groups in total. The lowest BCUT2D eigenvalue weighted by molar-refractivity contribution is -0.158. The quantitative estimate of drug-likeness (QED) is 0.708. The second-order valence-electron chi connectivity index (χ2n) is 8.42. The van der Waals surface area contributed by atoms with Crippen LogP contribution in [-0.4, -0.2) is 41.9 Å². The molecule has 1 unspecified atom stereocenters. The number of piperidine rings is 1. The number of carbonyl (C=O) groups excluding carboxylic acids is 3. The van der Waals surface area contributed by atoms with Gasteiger partial charge in [0.15, 0.2) is 6.10 Å². The van der Waals surface area contributed by atoms with Crippen LogP contribution in [0.2, 0.25) is 0 Å². The van der Waals surface area contributed by atoms with Crippen molar-refractivity contribution < 1.29 is 23.5 Å². The second-order valence-corrected chi connectivity index (χ2v) is 8.42. The first-order valence-corrected chi connectivity index (χ1v) is 10.8. The molecule has 1 fully saturated rings. The average molecular weight is 441 g/mol. The van der Waals surface area contributed by atoms with Gasteiger partial charge in [-0.3, -0.25) is 14.4 Å². The fourth-order valence-electron chi connectivity index (χ4n) is 4.02. The topological polar surface area (TPSA) is 75.7 Å². The predicted octanol–water partition coefficient (Wildman–Crippen LogP) is 4.17. The lowest BCUT2D eigenvalue weighted by atomic mass is 9.96. The molecule has 32 heavy (non-hydrogen) atoms. The molecule has 3 rings (SSSR count). The van der Waals surface area contributed by atoms with E-state index in [1.165, 1.54) is 24.3 Å². The number of anilines is 1. The molecule has 0 spiro atoms. The van der Waals surface area contributed by atoms with Crippen molar-refractivity contribution >= 4 is 23.5 Å². The first-order valence-electron chi connectivity index (χ1n) is 10.8. The van der Waals surface area contributed by atoms with E-state index in [1.54, 1.807) is 11.8 Å². The maximum atomic E-state index is 13.1. The van der Waals surface area contributed by atoms with Crippen molar-refractivity contribution in [2.75, 3.05) is 18.4 Å². The van der Waals surface area contributed by atoms with Crippen LogP contribution in [0, 0.1) is 32.5 Å². The van der Waals surface area contributed by atoms with Gasteiger partial charge in [-0.15, -0.1) is 0 Å². The van der Waals surface area contributed by atoms with E-state index in [1.807, 2.05) is 32.9 Å². The summed E-state index contributed by atoms with van der Waals surface area (Å²) in [6.45, 7) is 8.20. The van der Waals surface area contributed by atoms with Crippen molar-refractivity contribution in [3.8, 4) is 0 Å². The highest BCUT2D eigenvalue weighted by Crippen LogP contribution is 2.24. The summed E-state index contributed by atoms with van der Waals surface area (Å²) in [6.07, 6.45) is -0.0199. The van der Waals surface area contributed by atoms with E-state index in [0.29, 0.717) is 31.5 Å². The van der Waals surface area contributed by atoms with Gasteiger partial charge in [-0.2, -0.15) is 0 Å². The van der Waals surface area contributed by atoms with E-state index in [4.69, 9.17) is 4.74 Å². The molecule has 1 heterocycles. The van der Waals surface area contributed by atoms with Crippen LogP contribution in [-0.2, 0) is 14.3 Å². The minimum absolute atomic E-state index is 0.187. The van der Waals surface area contributed by atoms with E-state index in [9.17, 15) is 18.8 Å². The Bertz CT molecular complexity index is 988. The van der Waals surface area contributed by atoms with Crippen LogP contribution in [0.5, 0.6) is 0 Å². The van der Waals surface area contributed by atoms with Crippen molar-refractivity contribution in [1.29, 1.82) is 0 Å². The number of carbonyl (C=O) groups is 3. The Hall–Kier alpha value is -3.22. The van der Waals surface area contributed by atoms with Crippen molar-refractivity contribution in [3.63, 3.8) is 0 Å². The number of ether oxygens (including phenoxy) is 1. The number of halogens is 1. The number of hydrogen-bond acceptors (Lipinski definition) is 4. The van der Waals surface area contributed by atoms with E-state index in [2.05, 4.69) is 5.32 Å². The van der Waals surface area contributed by atoms with E-state index in [-0.39, 0.29) is 17.7 Å². The summed E-state index contributed by atoms with van der Waals surface area (Å²) >= 11 is 0. The van der Waals surface area contributed by atoms with Crippen LogP contribution in [0.4, 0.5) is 10.1 Å². The maximum Gasteiger partial charge on any atom is 0.309 e. The van der Waals surface area contributed by atoms with E-state index >= 15 is 0 Å². The Balaban J connectivity index is 1.51. The number of rotatable bonds is 5. The fraction of sp³-hybridized carbons (Fsp3) is 0.400. The molecule has 1 atom stereocenters. The molecule has 2 aromatic rings. The van der Waals surface area contributed by atoms with Crippen LogP contribution in [0.1, 0.15) is 46.8 Å². The minimum atomic E-state index is -0.929. The van der Waals surface area contributed by atoms with Crippen molar-refractivity contribution in [2.24, 2.45) is 5.92 Å². The Morgan fingerprint density at radius 1 is 1.03 bits per heavy atom. The lowest BCUT2D eigenvalue weighted by Gasteiger charge is -2.31. The van der Waals surface area contributed by atoms with Crippen LogP contribution < -0.4 is 5.32 Å². The van der Waals surface area contributed by atoms with Gasteiger partial charge in [0.2, 0.25) is 0 Å². The summed E-state index contributed by atoms with van der Waals surface area (Å²) < 4.78 is 18.5. The third-order valence-electron chi connectivity index (χ3n) is 5.79. The summed E-state index contributed by atoms with van der Waals surface area (Å²) in [6, 6.07) is 9.39. The summed E-state index contributed by atoms with van der Waals surface area (Å²) in [5, 5.41) is 2.86. The minimum Gasteiger partial charge on any atom is -0.452 e. The molecule has 0 radical (unpaired) electrons. The Kier molecular flexibility index (Phi) is 7.28. The van der Waals surface area contributed by atoms with Gasteiger partial charge in [0, 0.05) is 24.3 Å². The molecule has 170 valence electrons. The van der Waals surface area contributed by atoms with Gasteiger partial charge in [0.1, 0.15) is 5.82 Å². The predicted molar refractivity (Wildman–Crippen MR) is 120 cm³/mol. The van der Waals surface area contributed by atoms with Gasteiger partial charge in [-0.05, 0) is 75.9 Å². The molecule has 1 aliphatic rings. The SMILES string of the molecule is Cc1cc(C)c(NC(=O)C(C)OC(=O)C2CCN(C(=O)c3ccc(F)cc3)CC2)c(C)c1. The van der Waals surface area contributed by atoms with Crippen molar-refractivity contribution in [2.45, 2.75) is 46.6 Å². The van der Waals surface area contributed by atoms with Gasteiger partial charge in [-0.1, -0.05) is 17.7 Å². The third-order valence-corrected chi connectivity index (χ3v) is 5.79. The summed E-state index contributed by atoms with van der Waals surface area (Å²) in [4.78, 5) is 39.3. The average Bonchev–Trinajstić information content (AvgIpc) is 2.76. The van der Waals surface area contributed by atoms with Gasteiger partial charge >= 0.3 is 5.97 Å². The Morgan fingerprint density at radius 2 is 1.59 bits per heavy atom.